The summed E-state index contributed by atoms with van der Waals surface area (Å²) in [7, 11) is 0. The lowest BCUT2D eigenvalue weighted by Gasteiger charge is -2.22. The van der Waals surface area contributed by atoms with Gasteiger partial charge >= 0.3 is 0 Å². The molecule has 1 atom stereocenters. The normalized spacial score (nSPS) is 13.4. The Balaban J connectivity index is 2.73. The van der Waals surface area contributed by atoms with E-state index in [1.807, 2.05) is 23.9 Å². The molecule has 0 amide bonds. The zero-order valence-corrected chi connectivity index (χ0v) is 11.4. The number of hydrogen-bond acceptors (Lipinski definition) is 1. The zero-order chi connectivity index (χ0) is 12.1. The molecule has 0 aliphatic carbocycles. The molecule has 16 heavy (non-hydrogen) atoms. The number of hydrogen-bond donors (Lipinski definition) is 0. The summed E-state index contributed by atoms with van der Waals surface area (Å²) in [6.07, 6.45) is 0. The molecule has 0 nitrogen and oxygen atoms in total. The van der Waals surface area contributed by atoms with Crippen LogP contribution in [0, 0.1) is 11.7 Å². The third-order valence-corrected chi connectivity index (χ3v) is 3.93. The first-order valence-corrected chi connectivity index (χ1v) is 6.92. The van der Waals surface area contributed by atoms with E-state index in [1.165, 1.54) is 5.56 Å². The minimum atomic E-state index is -0.150. The van der Waals surface area contributed by atoms with Gasteiger partial charge in [-0.25, -0.2) is 4.39 Å². The summed E-state index contributed by atoms with van der Waals surface area (Å²) in [6, 6.07) is 6.96. The maximum absolute atomic E-state index is 12.9. The van der Waals surface area contributed by atoms with Crippen LogP contribution in [0.3, 0.4) is 0 Å². The fraction of sp³-hybridized carbons (Fsp3) is 0.571. The molecule has 0 radical (unpaired) electrons. The van der Waals surface area contributed by atoms with E-state index in [0.717, 1.165) is 5.75 Å². The lowest BCUT2D eigenvalue weighted by Crippen LogP contribution is -2.11. The first kappa shape index (κ1) is 13.6. The summed E-state index contributed by atoms with van der Waals surface area (Å²) in [4.78, 5) is 0. The summed E-state index contributed by atoms with van der Waals surface area (Å²) in [5.41, 5.74) is 1.25. The van der Waals surface area contributed by atoms with E-state index in [-0.39, 0.29) is 5.82 Å². The van der Waals surface area contributed by atoms with Crippen LogP contribution >= 0.6 is 11.8 Å². The van der Waals surface area contributed by atoms with Gasteiger partial charge in [-0.15, -0.1) is 0 Å². The summed E-state index contributed by atoms with van der Waals surface area (Å²) in [5.74, 6) is 2.08. The molecule has 0 saturated carbocycles. The quantitative estimate of drug-likeness (QED) is 0.718. The molecular weight excluding hydrogens is 219 g/mol. The van der Waals surface area contributed by atoms with E-state index < -0.39 is 0 Å². The lowest BCUT2D eigenvalue weighted by molar-refractivity contribution is 0.539. The van der Waals surface area contributed by atoms with Crippen LogP contribution in [0.4, 0.5) is 4.39 Å². The van der Waals surface area contributed by atoms with Gasteiger partial charge in [-0.1, -0.05) is 39.8 Å². The second-order valence-corrected chi connectivity index (χ2v) is 6.39. The molecular formula is C14H21FS. The molecule has 0 spiro atoms. The van der Waals surface area contributed by atoms with Crippen molar-refractivity contribution in [1.82, 2.24) is 0 Å². The predicted octanol–water partition coefficient (Wildman–Crippen LogP) is 4.71. The highest BCUT2D eigenvalue weighted by Gasteiger charge is 2.16. The second kappa shape index (κ2) is 6.29. The van der Waals surface area contributed by atoms with Gasteiger partial charge in [0.1, 0.15) is 5.82 Å². The lowest BCUT2D eigenvalue weighted by atomic mass is 9.90. The minimum Gasteiger partial charge on any atom is -0.207 e. The van der Waals surface area contributed by atoms with Crippen molar-refractivity contribution in [2.24, 2.45) is 5.92 Å². The second-order valence-electron chi connectivity index (χ2n) is 4.78. The van der Waals surface area contributed by atoms with Crippen molar-refractivity contribution in [3.63, 3.8) is 0 Å². The van der Waals surface area contributed by atoms with E-state index in [2.05, 4.69) is 27.7 Å². The van der Waals surface area contributed by atoms with Crippen LogP contribution in [-0.2, 0) is 0 Å². The van der Waals surface area contributed by atoms with E-state index in [1.54, 1.807) is 12.1 Å². The fourth-order valence-corrected chi connectivity index (χ4v) is 2.85. The molecule has 0 aliphatic heterocycles. The highest BCUT2D eigenvalue weighted by Crippen LogP contribution is 2.29. The molecule has 0 aliphatic rings. The van der Waals surface area contributed by atoms with Crippen molar-refractivity contribution >= 4 is 11.8 Å². The first-order chi connectivity index (χ1) is 7.50. The van der Waals surface area contributed by atoms with Crippen molar-refractivity contribution in [2.45, 2.75) is 38.9 Å². The summed E-state index contributed by atoms with van der Waals surface area (Å²) >= 11 is 1.97. The van der Waals surface area contributed by atoms with E-state index in [4.69, 9.17) is 0 Å². The van der Waals surface area contributed by atoms with Gasteiger partial charge in [0.25, 0.3) is 0 Å². The Morgan fingerprint density at radius 3 is 2.06 bits per heavy atom. The van der Waals surface area contributed by atoms with Gasteiger partial charge in [0.05, 0.1) is 0 Å². The smallest absolute Gasteiger partial charge is 0.123 e. The van der Waals surface area contributed by atoms with E-state index in [0.29, 0.717) is 17.1 Å². The van der Waals surface area contributed by atoms with Gasteiger partial charge in [0.2, 0.25) is 0 Å². The average Bonchev–Trinajstić information content (AvgIpc) is 2.20. The van der Waals surface area contributed by atoms with Gasteiger partial charge in [0, 0.05) is 5.75 Å². The largest absolute Gasteiger partial charge is 0.207 e. The number of halogens is 1. The molecule has 0 bridgehead atoms. The Kier molecular flexibility index (Phi) is 5.33. The van der Waals surface area contributed by atoms with Gasteiger partial charge < -0.3 is 0 Å². The number of rotatable bonds is 5. The molecule has 0 heterocycles. The van der Waals surface area contributed by atoms with Gasteiger partial charge in [-0.05, 0) is 34.8 Å². The van der Waals surface area contributed by atoms with Crippen molar-refractivity contribution < 1.29 is 4.39 Å². The van der Waals surface area contributed by atoms with E-state index in [9.17, 15) is 4.39 Å². The predicted molar refractivity (Wildman–Crippen MR) is 71.6 cm³/mol. The molecule has 0 fully saturated rings. The van der Waals surface area contributed by atoms with Crippen molar-refractivity contribution in [1.29, 1.82) is 0 Å². The highest BCUT2D eigenvalue weighted by atomic mass is 32.2. The topological polar surface area (TPSA) is 0 Å². The van der Waals surface area contributed by atoms with Crippen LogP contribution in [-0.4, -0.2) is 11.0 Å². The third kappa shape index (κ3) is 4.17. The maximum Gasteiger partial charge on any atom is 0.123 e. The first-order valence-electron chi connectivity index (χ1n) is 5.87. The zero-order valence-electron chi connectivity index (χ0n) is 10.5. The van der Waals surface area contributed by atoms with Crippen LogP contribution in [0.2, 0.25) is 0 Å². The Morgan fingerprint density at radius 1 is 1.06 bits per heavy atom. The maximum atomic E-state index is 12.9. The van der Waals surface area contributed by atoms with Gasteiger partial charge in [-0.2, -0.15) is 11.8 Å². The van der Waals surface area contributed by atoms with Crippen LogP contribution in [0.25, 0.3) is 0 Å². The van der Waals surface area contributed by atoms with Crippen LogP contribution < -0.4 is 0 Å². The SMILES string of the molecule is CC(C)SCC(c1ccc(F)cc1)C(C)C. The third-order valence-electron chi connectivity index (χ3n) is 2.71. The molecule has 1 unspecified atom stereocenters. The van der Waals surface area contributed by atoms with Crippen LogP contribution in [0.1, 0.15) is 39.2 Å². The van der Waals surface area contributed by atoms with Crippen LogP contribution in [0.5, 0.6) is 0 Å². The van der Waals surface area contributed by atoms with E-state index >= 15 is 0 Å². The van der Waals surface area contributed by atoms with Gasteiger partial charge in [-0.3, -0.25) is 0 Å². The highest BCUT2D eigenvalue weighted by molar-refractivity contribution is 7.99. The summed E-state index contributed by atoms with van der Waals surface area (Å²) in [5, 5.41) is 0.654. The fourth-order valence-electron chi connectivity index (χ4n) is 1.68. The Labute approximate surface area is 103 Å². The Morgan fingerprint density at radius 2 is 1.62 bits per heavy atom. The number of thioether (sulfide) groups is 1. The molecule has 1 aromatic carbocycles. The molecule has 0 saturated heterocycles. The average molecular weight is 240 g/mol. The van der Waals surface area contributed by atoms with Crippen molar-refractivity contribution in [2.75, 3.05) is 5.75 Å². The molecule has 90 valence electrons. The Bertz CT molecular complexity index is 303. The molecule has 0 aromatic heterocycles. The molecule has 1 rings (SSSR count). The summed E-state index contributed by atoms with van der Waals surface area (Å²) < 4.78 is 12.9. The van der Waals surface area contributed by atoms with Crippen molar-refractivity contribution in [3.8, 4) is 0 Å². The van der Waals surface area contributed by atoms with Crippen LogP contribution in [0.15, 0.2) is 24.3 Å². The molecule has 2 heteroatoms. The molecule has 1 aromatic rings. The molecule has 0 N–H and O–H groups in total. The monoisotopic (exact) mass is 240 g/mol. The summed E-state index contributed by atoms with van der Waals surface area (Å²) in [6.45, 7) is 8.89. The van der Waals surface area contributed by atoms with Crippen molar-refractivity contribution in [3.05, 3.63) is 35.6 Å². The Hall–Kier alpha value is -0.500. The standard InChI is InChI=1S/C14H21FS/c1-10(2)14(9-16-11(3)4)12-5-7-13(15)8-6-12/h5-8,10-11,14H,9H2,1-4H3. The van der Waals surface area contributed by atoms with Gasteiger partial charge in [0.15, 0.2) is 0 Å². The minimum absolute atomic E-state index is 0.150. The number of benzene rings is 1.